The zero-order chi connectivity index (χ0) is 9.14. The molecule has 4 atom stereocenters. The van der Waals surface area contributed by atoms with Crippen molar-refractivity contribution in [2.75, 3.05) is 6.54 Å². The Bertz CT molecular complexity index is 205. The van der Waals surface area contributed by atoms with Gasteiger partial charge >= 0.3 is 0 Å². The molecule has 0 saturated carbocycles. The topological polar surface area (TPSA) is 119 Å². The molecule has 0 aromatic carbocycles. The zero-order valence-corrected chi connectivity index (χ0v) is 6.11. The highest BCUT2D eigenvalue weighted by atomic mass is 16.6. The van der Waals surface area contributed by atoms with Gasteiger partial charge in [0.2, 0.25) is 0 Å². The summed E-state index contributed by atoms with van der Waals surface area (Å²) in [6.07, 6.45) is -4.76. The van der Waals surface area contributed by atoms with Crippen LogP contribution in [-0.2, 0) is 4.74 Å². The van der Waals surface area contributed by atoms with Crippen molar-refractivity contribution in [2.24, 2.45) is 5.11 Å². The number of azide groups is 1. The molecule has 0 radical (unpaired) electrons. The summed E-state index contributed by atoms with van der Waals surface area (Å²) in [5.74, 6) is 0. The lowest BCUT2D eigenvalue weighted by Gasteiger charge is -2.10. The summed E-state index contributed by atoms with van der Waals surface area (Å²) in [5, 5.41) is 30.1. The molecule has 0 bridgehead atoms. The number of aliphatic hydroxyl groups is 3. The number of nitrogens with zero attached hydrogens (tertiary/aromatic N) is 3. The Morgan fingerprint density at radius 2 is 2.00 bits per heavy atom. The van der Waals surface area contributed by atoms with Crippen molar-refractivity contribution in [3.8, 4) is 0 Å². The molecular formula is C5H9N3O4. The van der Waals surface area contributed by atoms with Crippen LogP contribution in [0.3, 0.4) is 0 Å². The second-order valence-corrected chi connectivity index (χ2v) is 2.46. The van der Waals surface area contributed by atoms with Crippen LogP contribution in [0, 0.1) is 0 Å². The molecule has 0 aliphatic carbocycles. The van der Waals surface area contributed by atoms with Crippen molar-refractivity contribution < 1.29 is 20.1 Å². The maximum absolute atomic E-state index is 9.14. The summed E-state index contributed by atoms with van der Waals surface area (Å²) < 4.78 is 4.68. The minimum Gasteiger partial charge on any atom is -0.387 e. The SMILES string of the molecule is [N-]=[N+]=NC[C@H]1O[C@@H](O)[C@@H](O)[C@@H]1O. The second kappa shape index (κ2) is 3.70. The molecule has 0 aromatic heterocycles. The molecule has 0 aromatic rings. The number of aliphatic hydroxyl groups excluding tert-OH is 3. The first-order chi connectivity index (χ1) is 5.66. The van der Waals surface area contributed by atoms with Gasteiger partial charge in [0.15, 0.2) is 6.29 Å². The average molecular weight is 175 g/mol. The van der Waals surface area contributed by atoms with Crippen LogP contribution in [0.5, 0.6) is 0 Å². The van der Waals surface area contributed by atoms with Crippen molar-refractivity contribution in [3.63, 3.8) is 0 Å². The van der Waals surface area contributed by atoms with Crippen molar-refractivity contribution in [3.05, 3.63) is 10.4 Å². The minimum absolute atomic E-state index is 0.105. The third kappa shape index (κ3) is 1.66. The predicted molar refractivity (Wildman–Crippen MR) is 36.9 cm³/mol. The van der Waals surface area contributed by atoms with Gasteiger partial charge in [-0.2, -0.15) is 0 Å². The van der Waals surface area contributed by atoms with Gasteiger partial charge in [-0.15, -0.1) is 0 Å². The highest BCUT2D eigenvalue weighted by Gasteiger charge is 2.41. The van der Waals surface area contributed by atoms with E-state index in [4.69, 9.17) is 20.9 Å². The lowest BCUT2D eigenvalue weighted by molar-refractivity contribution is -0.125. The van der Waals surface area contributed by atoms with E-state index in [1.807, 2.05) is 0 Å². The molecule has 12 heavy (non-hydrogen) atoms. The van der Waals surface area contributed by atoms with E-state index < -0.39 is 24.6 Å². The Kier molecular flexibility index (Phi) is 2.85. The lowest BCUT2D eigenvalue weighted by atomic mass is 10.1. The molecule has 1 saturated heterocycles. The Labute approximate surface area is 67.8 Å². The smallest absolute Gasteiger partial charge is 0.183 e. The lowest BCUT2D eigenvalue weighted by Crippen LogP contribution is -2.33. The van der Waals surface area contributed by atoms with Gasteiger partial charge in [0.25, 0.3) is 0 Å². The highest BCUT2D eigenvalue weighted by molar-refractivity contribution is 4.86. The summed E-state index contributed by atoms with van der Waals surface area (Å²) in [4.78, 5) is 2.45. The van der Waals surface area contributed by atoms with E-state index in [1.165, 1.54) is 0 Å². The molecule has 1 aliphatic rings. The van der Waals surface area contributed by atoms with Crippen LogP contribution >= 0.6 is 0 Å². The number of ether oxygens (including phenoxy) is 1. The fourth-order valence-corrected chi connectivity index (χ4v) is 0.997. The molecule has 3 N–H and O–H groups in total. The average Bonchev–Trinajstić information content (AvgIpc) is 2.30. The molecule has 0 spiro atoms. The first-order valence-electron chi connectivity index (χ1n) is 3.37. The van der Waals surface area contributed by atoms with Crippen LogP contribution in [0.1, 0.15) is 0 Å². The van der Waals surface area contributed by atoms with Crippen molar-refractivity contribution in [2.45, 2.75) is 24.6 Å². The minimum atomic E-state index is -1.40. The summed E-state index contributed by atoms with van der Waals surface area (Å²) in [6, 6.07) is 0. The summed E-state index contributed by atoms with van der Waals surface area (Å²) in [7, 11) is 0. The fraction of sp³-hybridized carbons (Fsp3) is 1.00. The third-order valence-corrected chi connectivity index (χ3v) is 1.66. The second-order valence-electron chi connectivity index (χ2n) is 2.46. The predicted octanol–water partition coefficient (Wildman–Crippen LogP) is -1.26. The van der Waals surface area contributed by atoms with E-state index in [9.17, 15) is 0 Å². The number of hydrogen-bond acceptors (Lipinski definition) is 5. The standard InChI is InChI=1S/C5H9N3O4/c6-8-7-1-2-3(9)4(10)5(11)12-2/h2-5,9-11H,1H2/t2-,3-,4+,5-/m1/s1. The van der Waals surface area contributed by atoms with E-state index in [-0.39, 0.29) is 6.54 Å². The molecule has 0 unspecified atom stereocenters. The number of rotatable bonds is 2. The molecular weight excluding hydrogens is 166 g/mol. The molecule has 1 aliphatic heterocycles. The Morgan fingerprint density at radius 1 is 1.33 bits per heavy atom. The van der Waals surface area contributed by atoms with Gasteiger partial charge in [-0.1, -0.05) is 5.11 Å². The Morgan fingerprint density at radius 3 is 2.42 bits per heavy atom. The Balaban J connectivity index is 2.52. The summed E-state index contributed by atoms with van der Waals surface area (Å²) >= 11 is 0. The quantitative estimate of drug-likeness (QED) is 0.275. The first kappa shape index (κ1) is 9.24. The van der Waals surface area contributed by atoms with Crippen LogP contribution < -0.4 is 0 Å². The van der Waals surface area contributed by atoms with E-state index in [0.29, 0.717) is 0 Å². The van der Waals surface area contributed by atoms with Crippen LogP contribution in [-0.4, -0.2) is 46.5 Å². The van der Waals surface area contributed by atoms with E-state index in [0.717, 1.165) is 0 Å². The molecule has 1 heterocycles. The molecule has 0 amide bonds. The number of hydrogen-bond donors (Lipinski definition) is 3. The van der Waals surface area contributed by atoms with Crippen molar-refractivity contribution in [1.82, 2.24) is 0 Å². The largest absolute Gasteiger partial charge is 0.387 e. The van der Waals surface area contributed by atoms with Gasteiger partial charge in [0, 0.05) is 4.91 Å². The maximum Gasteiger partial charge on any atom is 0.183 e. The van der Waals surface area contributed by atoms with Crippen molar-refractivity contribution >= 4 is 0 Å². The Hall–Kier alpha value is -0.850. The summed E-state index contributed by atoms with van der Waals surface area (Å²) in [6.45, 7) is -0.105. The third-order valence-electron chi connectivity index (χ3n) is 1.66. The summed E-state index contributed by atoms with van der Waals surface area (Å²) in [5.41, 5.74) is 7.94. The van der Waals surface area contributed by atoms with Gasteiger partial charge in [-0.05, 0) is 5.53 Å². The van der Waals surface area contributed by atoms with E-state index in [1.54, 1.807) is 0 Å². The first-order valence-corrected chi connectivity index (χ1v) is 3.37. The fourth-order valence-electron chi connectivity index (χ4n) is 0.997. The highest BCUT2D eigenvalue weighted by Crippen LogP contribution is 2.19. The van der Waals surface area contributed by atoms with Gasteiger partial charge < -0.3 is 20.1 Å². The van der Waals surface area contributed by atoms with E-state index in [2.05, 4.69) is 14.8 Å². The monoisotopic (exact) mass is 175 g/mol. The van der Waals surface area contributed by atoms with Crippen LogP contribution in [0.15, 0.2) is 5.11 Å². The molecule has 7 nitrogen and oxygen atoms in total. The maximum atomic E-state index is 9.14. The van der Waals surface area contributed by atoms with Crippen LogP contribution in [0.2, 0.25) is 0 Å². The van der Waals surface area contributed by atoms with Gasteiger partial charge in [0.05, 0.1) is 12.6 Å². The zero-order valence-electron chi connectivity index (χ0n) is 6.11. The van der Waals surface area contributed by atoms with Gasteiger partial charge in [-0.25, -0.2) is 0 Å². The molecule has 1 fully saturated rings. The van der Waals surface area contributed by atoms with Crippen LogP contribution in [0.25, 0.3) is 10.4 Å². The molecule has 1 rings (SSSR count). The van der Waals surface area contributed by atoms with Gasteiger partial charge in [0.1, 0.15) is 12.2 Å². The normalized spacial score (nSPS) is 40.9. The van der Waals surface area contributed by atoms with Gasteiger partial charge in [-0.3, -0.25) is 0 Å². The van der Waals surface area contributed by atoms with Crippen LogP contribution in [0.4, 0.5) is 0 Å². The van der Waals surface area contributed by atoms with E-state index >= 15 is 0 Å². The molecule has 7 heteroatoms. The molecule has 68 valence electrons. The van der Waals surface area contributed by atoms with Crippen molar-refractivity contribution in [1.29, 1.82) is 0 Å².